The molecule has 45 heavy (non-hydrogen) atoms. The molecule has 0 unspecified atom stereocenters. The monoisotopic (exact) mass is 628 g/mol. The lowest BCUT2D eigenvalue weighted by Crippen LogP contribution is -2.15. The molecule has 0 saturated carbocycles. The highest BCUT2D eigenvalue weighted by Gasteiger charge is 2.11. The number of hydrogen-bond donors (Lipinski definition) is 0. The van der Waals surface area contributed by atoms with E-state index in [0.717, 1.165) is 38.5 Å². The van der Waals surface area contributed by atoms with E-state index in [2.05, 4.69) is 13.2 Å². The third-order valence-electron chi connectivity index (χ3n) is 6.61. The molecule has 0 bridgehead atoms. The van der Waals surface area contributed by atoms with E-state index in [9.17, 15) is 14.4 Å². The van der Waals surface area contributed by atoms with E-state index in [1.165, 1.54) is 6.08 Å². The van der Waals surface area contributed by atoms with Gasteiger partial charge in [0.15, 0.2) is 0 Å². The summed E-state index contributed by atoms with van der Waals surface area (Å²) in [6, 6.07) is 21.3. The maximum Gasteiger partial charge on any atom is 0.333 e. The molecule has 0 spiro atoms. The van der Waals surface area contributed by atoms with Gasteiger partial charge >= 0.3 is 17.9 Å². The summed E-state index contributed by atoms with van der Waals surface area (Å²) in [4.78, 5) is 37.3. The van der Waals surface area contributed by atoms with Gasteiger partial charge in [-0.25, -0.2) is 14.4 Å². The van der Waals surface area contributed by atoms with Gasteiger partial charge < -0.3 is 18.9 Å². The molecular weight excluding hydrogens is 588 g/mol. The van der Waals surface area contributed by atoms with Gasteiger partial charge in [-0.05, 0) is 72.9 Å². The van der Waals surface area contributed by atoms with E-state index >= 15 is 0 Å². The molecule has 7 nitrogen and oxygen atoms in total. The van der Waals surface area contributed by atoms with Gasteiger partial charge in [-0.2, -0.15) is 0 Å². The summed E-state index contributed by atoms with van der Waals surface area (Å²) < 4.78 is 21.6. The summed E-state index contributed by atoms with van der Waals surface area (Å²) in [6.07, 6.45) is 4.00. The Hall–Kier alpha value is -4.56. The maximum atomic E-state index is 12.4. The van der Waals surface area contributed by atoms with E-state index in [1.54, 1.807) is 24.8 Å². The molecule has 0 aliphatic rings. The summed E-state index contributed by atoms with van der Waals surface area (Å²) >= 11 is 1.55. The second kappa shape index (κ2) is 18.3. The minimum Gasteiger partial charge on any atom is -0.490 e. The van der Waals surface area contributed by atoms with Crippen molar-refractivity contribution in [2.24, 2.45) is 0 Å². The minimum atomic E-state index is -0.459. The molecule has 3 aromatic carbocycles. The smallest absolute Gasteiger partial charge is 0.333 e. The predicted molar refractivity (Wildman–Crippen MR) is 178 cm³/mol. The number of aryl methyl sites for hydroxylation is 2. The highest BCUT2D eigenvalue weighted by molar-refractivity contribution is 7.99. The lowest BCUT2D eigenvalue weighted by atomic mass is 9.99. The van der Waals surface area contributed by atoms with Gasteiger partial charge in [0.1, 0.15) is 25.6 Å². The third-order valence-corrected chi connectivity index (χ3v) is 7.56. The Morgan fingerprint density at radius 3 is 2.36 bits per heavy atom. The van der Waals surface area contributed by atoms with Crippen LogP contribution in [0.1, 0.15) is 34.7 Å². The number of hydrogen-bond acceptors (Lipinski definition) is 8. The quantitative estimate of drug-likeness (QED) is 0.0518. The van der Waals surface area contributed by atoms with Crippen molar-refractivity contribution < 1.29 is 33.3 Å². The summed E-state index contributed by atoms with van der Waals surface area (Å²) in [5.74, 6) is 0.0840. The molecule has 3 rings (SSSR count). The molecule has 236 valence electrons. The Morgan fingerprint density at radius 1 is 0.800 bits per heavy atom. The van der Waals surface area contributed by atoms with Crippen molar-refractivity contribution in [1.82, 2.24) is 0 Å². The molecule has 0 N–H and O–H groups in total. The molecule has 0 heterocycles. The molecule has 0 aliphatic carbocycles. The van der Waals surface area contributed by atoms with Crippen molar-refractivity contribution in [2.75, 3.05) is 32.2 Å². The summed E-state index contributed by atoms with van der Waals surface area (Å²) in [6.45, 7) is 13.9. The van der Waals surface area contributed by atoms with Gasteiger partial charge in [0.2, 0.25) is 0 Å². The van der Waals surface area contributed by atoms with Crippen LogP contribution in [0.2, 0.25) is 0 Å². The first kappa shape index (κ1) is 34.9. The van der Waals surface area contributed by atoms with E-state index in [-0.39, 0.29) is 26.4 Å². The average molecular weight is 629 g/mol. The second-order valence-corrected chi connectivity index (χ2v) is 11.5. The van der Waals surface area contributed by atoms with E-state index < -0.39 is 17.9 Å². The lowest BCUT2D eigenvalue weighted by molar-refractivity contribution is -0.140. The zero-order chi connectivity index (χ0) is 32.6. The first-order chi connectivity index (χ1) is 21.6. The first-order valence-electron chi connectivity index (χ1n) is 14.6. The van der Waals surface area contributed by atoms with Crippen LogP contribution in [0.25, 0.3) is 6.08 Å². The number of benzene rings is 3. The van der Waals surface area contributed by atoms with E-state index in [1.807, 2.05) is 80.6 Å². The van der Waals surface area contributed by atoms with Crippen molar-refractivity contribution in [3.05, 3.63) is 125 Å². The first-order valence-corrected chi connectivity index (χ1v) is 15.6. The number of rotatable bonds is 17. The van der Waals surface area contributed by atoms with Crippen LogP contribution < -0.4 is 4.74 Å². The Morgan fingerprint density at radius 2 is 1.58 bits per heavy atom. The maximum absolute atomic E-state index is 12.4. The van der Waals surface area contributed by atoms with Gasteiger partial charge in [0, 0.05) is 40.7 Å². The van der Waals surface area contributed by atoms with Crippen molar-refractivity contribution in [3.63, 3.8) is 0 Å². The second-order valence-electron chi connectivity index (χ2n) is 10.4. The fourth-order valence-electron chi connectivity index (χ4n) is 4.13. The van der Waals surface area contributed by atoms with E-state index in [4.69, 9.17) is 18.9 Å². The van der Waals surface area contributed by atoms with Gasteiger partial charge in [0.05, 0.1) is 6.61 Å². The largest absolute Gasteiger partial charge is 0.490 e. The normalized spacial score (nSPS) is 10.7. The SMILES string of the molecule is C=C(C)C(=O)OCCSc1cccc(/C=C/C(=O)OCCc2cc(CC(=C)C(=O)OCCOc3ccccc3C)ccc2C)c1. The van der Waals surface area contributed by atoms with Crippen LogP contribution in [0.5, 0.6) is 5.75 Å². The molecule has 0 aliphatic heterocycles. The third kappa shape index (κ3) is 12.5. The molecule has 0 saturated heterocycles. The number of carbonyl (C=O) groups is 3. The predicted octanol–water partition coefficient (Wildman–Crippen LogP) is 7.03. The van der Waals surface area contributed by atoms with Crippen LogP contribution >= 0.6 is 11.8 Å². The fourth-order valence-corrected chi connectivity index (χ4v) is 4.92. The molecule has 0 radical (unpaired) electrons. The average Bonchev–Trinajstić information content (AvgIpc) is 3.02. The van der Waals surface area contributed by atoms with Crippen LogP contribution in [0.15, 0.2) is 102 Å². The Balaban J connectivity index is 1.40. The molecule has 0 atom stereocenters. The molecule has 0 aromatic heterocycles. The van der Waals surface area contributed by atoms with Crippen molar-refractivity contribution in [2.45, 2.75) is 38.5 Å². The van der Waals surface area contributed by atoms with Crippen molar-refractivity contribution >= 4 is 35.7 Å². The summed E-state index contributed by atoms with van der Waals surface area (Å²) in [5.41, 5.74) is 5.62. The molecule has 3 aromatic rings. The van der Waals surface area contributed by atoms with Gasteiger partial charge in [-0.3, -0.25) is 0 Å². The van der Waals surface area contributed by atoms with E-state index in [0.29, 0.717) is 29.7 Å². The number of thioether (sulfide) groups is 1. The van der Waals surface area contributed by atoms with Gasteiger partial charge in [0.25, 0.3) is 0 Å². The highest BCUT2D eigenvalue weighted by Crippen LogP contribution is 2.20. The van der Waals surface area contributed by atoms with Crippen LogP contribution in [-0.2, 0) is 41.4 Å². The number of ether oxygens (including phenoxy) is 4. The van der Waals surface area contributed by atoms with Crippen molar-refractivity contribution in [3.8, 4) is 5.75 Å². The fraction of sp³-hybridized carbons (Fsp3) is 0.270. The molecule has 0 amide bonds. The Labute approximate surface area is 269 Å². The standard InChI is InChI=1S/C37H40O7S/c1-26(2)36(39)44-21-22-45-33-11-8-10-30(25-33)15-16-35(38)42-18-17-32-24-31(14-13-27(32)3)23-29(5)37(40)43-20-19-41-34-12-7-6-9-28(34)4/h6-16,24-25H,1,5,17-23H2,2-4H3/b16-15+. The summed E-state index contributed by atoms with van der Waals surface area (Å²) in [5, 5.41) is 0. The molecule has 8 heteroatoms. The highest BCUT2D eigenvalue weighted by atomic mass is 32.2. The Bertz CT molecular complexity index is 1540. The van der Waals surface area contributed by atoms with Crippen LogP contribution in [-0.4, -0.2) is 50.1 Å². The lowest BCUT2D eigenvalue weighted by Gasteiger charge is -2.12. The zero-order valence-corrected chi connectivity index (χ0v) is 27.0. The molecular formula is C37H40O7S. The van der Waals surface area contributed by atoms with Crippen LogP contribution in [0.3, 0.4) is 0 Å². The number of esters is 3. The van der Waals surface area contributed by atoms with Crippen molar-refractivity contribution in [1.29, 1.82) is 0 Å². The number of para-hydroxylation sites is 1. The molecule has 0 fully saturated rings. The van der Waals surface area contributed by atoms with Crippen LogP contribution in [0, 0.1) is 13.8 Å². The summed E-state index contributed by atoms with van der Waals surface area (Å²) in [7, 11) is 0. The minimum absolute atomic E-state index is 0.129. The zero-order valence-electron chi connectivity index (χ0n) is 26.1. The van der Waals surface area contributed by atoms with Gasteiger partial charge in [-0.1, -0.05) is 61.7 Å². The van der Waals surface area contributed by atoms with Crippen LogP contribution in [0.4, 0.5) is 0 Å². The number of carbonyl (C=O) groups excluding carboxylic acids is 3. The Kier molecular flexibility index (Phi) is 14.2. The topological polar surface area (TPSA) is 88.1 Å². The van der Waals surface area contributed by atoms with Gasteiger partial charge in [-0.15, -0.1) is 11.8 Å².